The minimum atomic E-state index is 0.366. The second kappa shape index (κ2) is 4.78. The molecule has 0 amide bonds. The number of hydrogen-bond acceptors (Lipinski definition) is 9. The Kier molecular flexibility index (Phi) is 2.97. The number of aromatic nitrogens is 4. The van der Waals surface area contributed by atoms with Gasteiger partial charge in [-0.25, -0.2) is 10.8 Å². The van der Waals surface area contributed by atoms with Crippen LogP contribution in [0.3, 0.4) is 0 Å². The van der Waals surface area contributed by atoms with Gasteiger partial charge >= 0.3 is 0 Å². The van der Waals surface area contributed by atoms with Crippen LogP contribution in [0.25, 0.3) is 10.2 Å². The fraction of sp³-hybridized carbons (Fsp3) is 0.200. The van der Waals surface area contributed by atoms with Crippen molar-refractivity contribution in [3.05, 3.63) is 23.2 Å². The number of nitrogens with two attached hydrogens (primary N) is 1. The van der Waals surface area contributed by atoms with Gasteiger partial charge in [0.15, 0.2) is 5.82 Å². The van der Waals surface area contributed by atoms with Crippen molar-refractivity contribution in [2.45, 2.75) is 13.5 Å². The van der Waals surface area contributed by atoms with Gasteiger partial charge in [0.05, 0.1) is 11.9 Å². The van der Waals surface area contributed by atoms with E-state index in [9.17, 15) is 0 Å². The molecule has 0 aliphatic carbocycles. The third-order valence-corrected chi connectivity index (χ3v) is 3.41. The minimum Gasteiger partial charge on any atom is -0.362 e. The van der Waals surface area contributed by atoms with Crippen LogP contribution in [0.4, 0.5) is 11.8 Å². The van der Waals surface area contributed by atoms with Crippen molar-refractivity contribution in [1.82, 2.24) is 20.1 Å². The highest BCUT2D eigenvalue weighted by atomic mass is 32.1. The number of aryl methyl sites for hydroxylation is 1. The first-order valence-corrected chi connectivity index (χ1v) is 6.32. The normalized spacial score (nSPS) is 10.8. The predicted molar refractivity (Wildman–Crippen MR) is 71.6 cm³/mol. The zero-order chi connectivity index (χ0) is 13.2. The highest BCUT2D eigenvalue weighted by molar-refractivity contribution is 7.18. The van der Waals surface area contributed by atoms with Gasteiger partial charge in [-0.05, 0) is 13.0 Å². The molecule has 3 rings (SSSR count). The van der Waals surface area contributed by atoms with Crippen LogP contribution in [0, 0.1) is 6.92 Å². The van der Waals surface area contributed by atoms with Crippen molar-refractivity contribution in [2.75, 3.05) is 10.7 Å². The van der Waals surface area contributed by atoms with Crippen LogP contribution < -0.4 is 16.6 Å². The summed E-state index contributed by atoms with van der Waals surface area (Å²) in [4.78, 5) is 14.6. The summed E-state index contributed by atoms with van der Waals surface area (Å²) in [7, 11) is 0. The largest absolute Gasteiger partial charge is 0.362 e. The van der Waals surface area contributed by atoms with Gasteiger partial charge in [0, 0.05) is 4.88 Å². The van der Waals surface area contributed by atoms with E-state index < -0.39 is 0 Å². The molecule has 0 atom stereocenters. The molecule has 0 fully saturated rings. The summed E-state index contributed by atoms with van der Waals surface area (Å²) in [6.45, 7) is 2.44. The van der Waals surface area contributed by atoms with Crippen LogP contribution in [0.2, 0.25) is 0 Å². The lowest BCUT2D eigenvalue weighted by Crippen LogP contribution is -2.12. The number of hydrazine groups is 1. The number of anilines is 2. The van der Waals surface area contributed by atoms with Crippen LogP contribution >= 0.6 is 11.3 Å². The predicted octanol–water partition coefficient (Wildman–Crippen LogP) is 1.28. The molecule has 0 aliphatic rings. The number of nitrogen functional groups attached to an aromatic ring is 1. The molecule has 0 spiro atoms. The number of fused-ring (bicyclic) bond motifs is 1. The molecule has 0 unspecified atom stereocenters. The maximum absolute atomic E-state index is 5.37. The van der Waals surface area contributed by atoms with Gasteiger partial charge < -0.3 is 9.84 Å². The first-order valence-electron chi connectivity index (χ1n) is 5.50. The monoisotopic (exact) mass is 277 g/mol. The van der Waals surface area contributed by atoms with Gasteiger partial charge in [-0.2, -0.15) is 9.97 Å². The van der Waals surface area contributed by atoms with Gasteiger partial charge in [-0.15, -0.1) is 11.3 Å². The third-order valence-electron chi connectivity index (χ3n) is 2.47. The summed E-state index contributed by atoms with van der Waals surface area (Å²) in [6, 6.07) is 2.03. The SMILES string of the molecule is Cc1cc2c(NCc3ncon3)nc(NN)nc2s1. The van der Waals surface area contributed by atoms with Gasteiger partial charge in [0.1, 0.15) is 10.6 Å². The summed E-state index contributed by atoms with van der Waals surface area (Å²) in [6.07, 6.45) is 1.29. The fourth-order valence-corrected chi connectivity index (χ4v) is 2.55. The Morgan fingerprint density at radius 3 is 3.05 bits per heavy atom. The molecule has 0 aromatic carbocycles. The Morgan fingerprint density at radius 1 is 1.42 bits per heavy atom. The van der Waals surface area contributed by atoms with E-state index >= 15 is 0 Å². The van der Waals surface area contributed by atoms with E-state index in [1.807, 2.05) is 13.0 Å². The van der Waals surface area contributed by atoms with Crippen molar-refractivity contribution >= 4 is 33.3 Å². The lowest BCUT2D eigenvalue weighted by molar-refractivity contribution is 0.411. The Labute approximate surface area is 112 Å². The molecule has 0 saturated heterocycles. The summed E-state index contributed by atoms with van der Waals surface area (Å²) in [5, 5.41) is 7.83. The summed E-state index contributed by atoms with van der Waals surface area (Å²) >= 11 is 1.58. The van der Waals surface area contributed by atoms with Crippen LogP contribution in [0.1, 0.15) is 10.7 Å². The van der Waals surface area contributed by atoms with E-state index in [2.05, 4.69) is 35.4 Å². The summed E-state index contributed by atoms with van der Waals surface area (Å²) in [5.41, 5.74) is 2.46. The standard InChI is InChI=1S/C10H11N7OS/c1-5-2-6-8(12-3-7-13-4-18-17-7)14-10(16-11)15-9(6)19-5/h2,4H,3,11H2,1H3,(H2,12,14,15,16). The van der Waals surface area contributed by atoms with E-state index in [1.54, 1.807) is 11.3 Å². The lowest BCUT2D eigenvalue weighted by Gasteiger charge is -2.06. The molecule has 0 radical (unpaired) electrons. The Balaban J connectivity index is 1.96. The van der Waals surface area contributed by atoms with Gasteiger partial charge in [-0.1, -0.05) is 5.16 Å². The highest BCUT2D eigenvalue weighted by Gasteiger charge is 2.10. The second-order valence-electron chi connectivity index (χ2n) is 3.82. The number of thiophene rings is 1. The molecule has 3 aromatic heterocycles. The zero-order valence-corrected chi connectivity index (χ0v) is 10.9. The van der Waals surface area contributed by atoms with E-state index in [4.69, 9.17) is 5.84 Å². The minimum absolute atomic E-state index is 0.366. The molecule has 3 heterocycles. The maximum Gasteiger partial charge on any atom is 0.240 e. The van der Waals surface area contributed by atoms with Crippen molar-refractivity contribution in [3.8, 4) is 0 Å². The maximum atomic E-state index is 5.37. The number of nitrogens with zero attached hydrogens (tertiary/aromatic N) is 4. The van der Waals surface area contributed by atoms with Crippen LogP contribution in [0.5, 0.6) is 0 Å². The molecule has 3 aromatic rings. The molecule has 0 saturated carbocycles. The average molecular weight is 277 g/mol. The van der Waals surface area contributed by atoms with Crippen molar-refractivity contribution in [2.24, 2.45) is 5.84 Å². The average Bonchev–Trinajstić information content (AvgIpc) is 3.03. The Bertz CT molecular complexity index is 693. The zero-order valence-electron chi connectivity index (χ0n) is 10.0. The van der Waals surface area contributed by atoms with E-state index in [0.29, 0.717) is 24.1 Å². The topological polar surface area (TPSA) is 115 Å². The molecule has 9 heteroatoms. The molecule has 8 nitrogen and oxygen atoms in total. The Morgan fingerprint density at radius 2 is 2.32 bits per heavy atom. The van der Waals surface area contributed by atoms with Crippen molar-refractivity contribution < 1.29 is 4.52 Å². The number of nitrogens with one attached hydrogen (secondary N) is 2. The van der Waals surface area contributed by atoms with Crippen molar-refractivity contribution in [3.63, 3.8) is 0 Å². The second-order valence-corrected chi connectivity index (χ2v) is 5.05. The molecule has 19 heavy (non-hydrogen) atoms. The number of rotatable bonds is 4. The quantitative estimate of drug-likeness (QED) is 0.482. The molecule has 4 N–H and O–H groups in total. The van der Waals surface area contributed by atoms with Crippen molar-refractivity contribution in [1.29, 1.82) is 0 Å². The summed E-state index contributed by atoms with van der Waals surface area (Å²) in [5.74, 6) is 6.98. The smallest absolute Gasteiger partial charge is 0.240 e. The highest BCUT2D eigenvalue weighted by Crippen LogP contribution is 2.29. The Hall–Kier alpha value is -2.26. The molecule has 98 valence electrons. The fourth-order valence-electron chi connectivity index (χ4n) is 1.67. The third kappa shape index (κ3) is 2.33. The van der Waals surface area contributed by atoms with Crippen LogP contribution in [0.15, 0.2) is 17.0 Å². The lowest BCUT2D eigenvalue weighted by atomic mass is 10.3. The molecular formula is C10H11N7OS. The van der Waals surface area contributed by atoms with Gasteiger partial charge in [0.25, 0.3) is 0 Å². The van der Waals surface area contributed by atoms with Crippen LogP contribution in [-0.4, -0.2) is 20.1 Å². The number of hydrogen-bond donors (Lipinski definition) is 3. The first-order chi connectivity index (χ1) is 9.26. The van der Waals surface area contributed by atoms with Gasteiger partial charge in [-0.3, -0.25) is 5.43 Å². The molecular weight excluding hydrogens is 266 g/mol. The van der Waals surface area contributed by atoms with Gasteiger partial charge in [0.2, 0.25) is 12.3 Å². The summed E-state index contributed by atoms with van der Waals surface area (Å²) < 4.78 is 4.68. The first kappa shape index (κ1) is 11.8. The molecule has 0 aliphatic heterocycles. The van der Waals surface area contributed by atoms with E-state index in [0.717, 1.165) is 15.1 Å². The van der Waals surface area contributed by atoms with Crippen LogP contribution in [-0.2, 0) is 6.54 Å². The van der Waals surface area contributed by atoms with E-state index in [-0.39, 0.29) is 0 Å². The van der Waals surface area contributed by atoms with E-state index in [1.165, 1.54) is 6.39 Å². The molecule has 0 bridgehead atoms.